The van der Waals surface area contributed by atoms with E-state index in [2.05, 4.69) is 9.88 Å². The van der Waals surface area contributed by atoms with E-state index in [1.165, 1.54) is 18.9 Å². The molecule has 22 heavy (non-hydrogen) atoms. The third-order valence-corrected chi connectivity index (χ3v) is 3.88. The fourth-order valence-corrected chi connectivity index (χ4v) is 2.74. The Morgan fingerprint density at radius 3 is 2.32 bits per heavy atom. The van der Waals surface area contributed by atoms with Crippen LogP contribution in [0.15, 0.2) is 35.1 Å². The van der Waals surface area contributed by atoms with E-state index in [1.807, 2.05) is 24.3 Å². The van der Waals surface area contributed by atoms with Gasteiger partial charge in [-0.15, -0.1) is 0 Å². The molecule has 0 spiro atoms. The van der Waals surface area contributed by atoms with Gasteiger partial charge in [0, 0.05) is 24.8 Å². The molecule has 2 heterocycles. The second-order valence-corrected chi connectivity index (χ2v) is 5.32. The Kier molecular flexibility index (Phi) is 3.58. The molecule has 0 saturated carbocycles. The van der Waals surface area contributed by atoms with E-state index in [0.717, 1.165) is 18.8 Å². The third kappa shape index (κ3) is 2.55. The summed E-state index contributed by atoms with van der Waals surface area (Å²) in [5, 5.41) is 18.6. The number of nitrogens with zero attached hydrogens (tertiary/aromatic N) is 1. The van der Waals surface area contributed by atoms with Crippen LogP contribution < -0.4 is 10.5 Å². The number of hydrogen-bond donors (Lipinski definition) is 3. The second kappa shape index (κ2) is 5.55. The number of benzene rings is 1. The minimum absolute atomic E-state index is 0.389. The van der Waals surface area contributed by atoms with Gasteiger partial charge in [0.15, 0.2) is 5.56 Å². The molecule has 1 aliphatic heterocycles. The van der Waals surface area contributed by atoms with Gasteiger partial charge in [-0.25, -0.2) is 4.79 Å². The van der Waals surface area contributed by atoms with Gasteiger partial charge in [0.1, 0.15) is 5.75 Å². The monoisotopic (exact) mass is 300 g/mol. The van der Waals surface area contributed by atoms with Crippen molar-refractivity contribution in [1.82, 2.24) is 4.98 Å². The Morgan fingerprint density at radius 2 is 1.77 bits per heavy atom. The SMILES string of the molecule is O=C(O)c1c(O)cc(-c2ccc(N3CCCC3)cc2)[nH]c1=O. The maximum absolute atomic E-state index is 11.7. The Hall–Kier alpha value is -2.76. The fraction of sp³-hybridized carbons (Fsp3) is 0.250. The Morgan fingerprint density at radius 1 is 1.14 bits per heavy atom. The summed E-state index contributed by atoms with van der Waals surface area (Å²) >= 11 is 0. The molecule has 0 aliphatic carbocycles. The number of carboxylic acid groups (broad SMARTS) is 1. The van der Waals surface area contributed by atoms with Crippen molar-refractivity contribution >= 4 is 11.7 Å². The molecule has 0 atom stereocenters. The van der Waals surface area contributed by atoms with Crippen molar-refractivity contribution in [3.05, 3.63) is 46.2 Å². The molecular formula is C16H16N2O4. The summed E-state index contributed by atoms with van der Waals surface area (Å²) in [6.45, 7) is 2.09. The van der Waals surface area contributed by atoms with Crippen LogP contribution in [-0.4, -0.2) is 34.3 Å². The molecule has 1 aromatic heterocycles. The van der Waals surface area contributed by atoms with Crippen molar-refractivity contribution in [2.75, 3.05) is 18.0 Å². The van der Waals surface area contributed by atoms with Crippen LogP contribution >= 0.6 is 0 Å². The molecule has 3 rings (SSSR count). The van der Waals surface area contributed by atoms with Crippen LogP contribution in [0.2, 0.25) is 0 Å². The molecule has 0 bridgehead atoms. The molecule has 3 N–H and O–H groups in total. The number of aromatic carboxylic acids is 1. The highest BCUT2D eigenvalue weighted by Crippen LogP contribution is 2.26. The number of rotatable bonds is 3. The first-order valence-corrected chi connectivity index (χ1v) is 7.11. The number of hydrogen-bond acceptors (Lipinski definition) is 4. The van der Waals surface area contributed by atoms with Crippen LogP contribution in [0.3, 0.4) is 0 Å². The number of aromatic hydroxyl groups is 1. The number of nitrogens with one attached hydrogen (secondary N) is 1. The molecule has 0 radical (unpaired) electrons. The molecule has 0 amide bonds. The zero-order valence-electron chi connectivity index (χ0n) is 11.9. The minimum Gasteiger partial charge on any atom is -0.507 e. The van der Waals surface area contributed by atoms with Gasteiger partial charge in [-0.2, -0.15) is 0 Å². The highest BCUT2D eigenvalue weighted by atomic mass is 16.4. The summed E-state index contributed by atoms with van der Waals surface area (Å²) in [6.07, 6.45) is 2.39. The van der Waals surface area contributed by atoms with Gasteiger partial charge in [0.05, 0.1) is 5.69 Å². The molecular weight excluding hydrogens is 284 g/mol. The number of pyridine rings is 1. The average Bonchev–Trinajstić information content (AvgIpc) is 3.00. The summed E-state index contributed by atoms with van der Waals surface area (Å²) in [7, 11) is 0. The van der Waals surface area contributed by atoms with E-state index in [-0.39, 0.29) is 0 Å². The molecule has 0 unspecified atom stereocenters. The van der Waals surface area contributed by atoms with Crippen molar-refractivity contribution in [2.45, 2.75) is 12.8 Å². The molecule has 6 nitrogen and oxygen atoms in total. The summed E-state index contributed by atoms with van der Waals surface area (Å²) in [5.74, 6) is -1.98. The highest BCUT2D eigenvalue weighted by molar-refractivity contribution is 5.90. The summed E-state index contributed by atoms with van der Waals surface area (Å²) in [5.41, 5.74) is 0.770. The van der Waals surface area contributed by atoms with Crippen molar-refractivity contribution in [3.8, 4) is 17.0 Å². The van der Waals surface area contributed by atoms with Gasteiger partial charge in [0.25, 0.3) is 5.56 Å². The van der Waals surface area contributed by atoms with E-state index in [9.17, 15) is 14.7 Å². The van der Waals surface area contributed by atoms with Crippen molar-refractivity contribution in [2.24, 2.45) is 0 Å². The number of aromatic amines is 1. The molecule has 1 fully saturated rings. The number of carbonyl (C=O) groups is 1. The van der Waals surface area contributed by atoms with Crippen molar-refractivity contribution in [1.29, 1.82) is 0 Å². The van der Waals surface area contributed by atoms with Crippen LogP contribution in [0, 0.1) is 0 Å². The smallest absolute Gasteiger partial charge is 0.345 e. The lowest BCUT2D eigenvalue weighted by molar-refractivity contribution is 0.0691. The standard InChI is InChI=1S/C16H16N2O4/c19-13-9-12(17-15(20)14(13)16(21)22)10-3-5-11(6-4-10)18-7-1-2-8-18/h3-6,9H,1-2,7-8H2,(H,21,22)(H2,17,19,20). The van der Waals surface area contributed by atoms with Gasteiger partial charge in [0.2, 0.25) is 0 Å². The van der Waals surface area contributed by atoms with Crippen LogP contribution in [0.5, 0.6) is 5.75 Å². The van der Waals surface area contributed by atoms with E-state index >= 15 is 0 Å². The zero-order chi connectivity index (χ0) is 15.7. The highest BCUT2D eigenvalue weighted by Gasteiger charge is 2.17. The Labute approximate surface area is 126 Å². The third-order valence-electron chi connectivity index (χ3n) is 3.88. The van der Waals surface area contributed by atoms with E-state index in [1.54, 1.807) is 0 Å². The molecule has 6 heteroatoms. The zero-order valence-corrected chi connectivity index (χ0v) is 11.9. The maximum Gasteiger partial charge on any atom is 0.345 e. The molecule has 1 saturated heterocycles. The fourth-order valence-electron chi connectivity index (χ4n) is 2.74. The summed E-state index contributed by atoms with van der Waals surface area (Å²) in [6, 6.07) is 8.87. The molecule has 1 aromatic carbocycles. The first kappa shape index (κ1) is 14.2. The summed E-state index contributed by atoms with van der Waals surface area (Å²) < 4.78 is 0. The number of carboxylic acids is 1. The first-order valence-electron chi connectivity index (χ1n) is 7.11. The first-order chi connectivity index (χ1) is 10.6. The number of anilines is 1. The predicted octanol–water partition coefficient (Wildman–Crippen LogP) is 2.05. The minimum atomic E-state index is -1.45. The van der Waals surface area contributed by atoms with Gasteiger partial charge >= 0.3 is 5.97 Å². The second-order valence-electron chi connectivity index (χ2n) is 5.32. The number of H-pyrrole nitrogens is 1. The van der Waals surface area contributed by atoms with Crippen LogP contribution in [0.1, 0.15) is 23.2 Å². The lowest BCUT2D eigenvalue weighted by atomic mass is 10.1. The lowest BCUT2D eigenvalue weighted by Crippen LogP contribution is -2.18. The molecule has 2 aromatic rings. The Balaban J connectivity index is 1.94. The van der Waals surface area contributed by atoms with Crippen LogP contribution in [0.4, 0.5) is 5.69 Å². The van der Waals surface area contributed by atoms with Gasteiger partial charge in [-0.05, 0) is 30.5 Å². The average molecular weight is 300 g/mol. The van der Waals surface area contributed by atoms with Crippen molar-refractivity contribution < 1.29 is 15.0 Å². The quantitative estimate of drug-likeness (QED) is 0.806. The Bertz CT molecular complexity index is 759. The van der Waals surface area contributed by atoms with Gasteiger partial charge in [-0.3, -0.25) is 4.79 Å². The van der Waals surface area contributed by atoms with Crippen LogP contribution in [0.25, 0.3) is 11.3 Å². The van der Waals surface area contributed by atoms with Crippen molar-refractivity contribution in [3.63, 3.8) is 0 Å². The lowest BCUT2D eigenvalue weighted by Gasteiger charge is -2.17. The largest absolute Gasteiger partial charge is 0.507 e. The maximum atomic E-state index is 11.7. The van der Waals surface area contributed by atoms with Crippen LogP contribution in [-0.2, 0) is 0 Å². The predicted molar refractivity (Wildman–Crippen MR) is 82.6 cm³/mol. The van der Waals surface area contributed by atoms with Gasteiger partial charge in [-0.1, -0.05) is 12.1 Å². The molecule has 114 valence electrons. The van der Waals surface area contributed by atoms with E-state index < -0.39 is 22.8 Å². The molecule has 1 aliphatic rings. The van der Waals surface area contributed by atoms with E-state index in [0.29, 0.717) is 11.3 Å². The normalized spacial score (nSPS) is 14.3. The van der Waals surface area contributed by atoms with Gasteiger partial charge < -0.3 is 20.1 Å². The number of aromatic nitrogens is 1. The summed E-state index contributed by atoms with van der Waals surface area (Å²) in [4.78, 5) is 27.4. The van der Waals surface area contributed by atoms with E-state index in [4.69, 9.17) is 5.11 Å². The topological polar surface area (TPSA) is 93.6 Å².